The molecule has 0 bridgehead atoms. The summed E-state index contributed by atoms with van der Waals surface area (Å²) in [6, 6.07) is 2.69. The average molecular weight is 429 g/mol. The third-order valence-corrected chi connectivity index (χ3v) is 5.89. The minimum Gasteiger partial charge on any atom is -0.399 e. The molecule has 0 atom stereocenters. The van der Waals surface area contributed by atoms with Crippen molar-refractivity contribution in [3.8, 4) is 5.75 Å². The molecule has 1 aromatic carbocycles. The second-order valence-corrected chi connectivity index (χ2v) is 10.8. The third-order valence-electron chi connectivity index (χ3n) is 4.53. The lowest BCUT2D eigenvalue weighted by molar-refractivity contribution is 0.00578. The summed E-state index contributed by atoms with van der Waals surface area (Å²) in [7, 11) is -4.89. The lowest BCUT2D eigenvalue weighted by atomic mass is 9.77. The van der Waals surface area contributed by atoms with Gasteiger partial charge in [0.2, 0.25) is 9.05 Å². The van der Waals surface area contributed by atoms with Crippen LogP contribution in [0.15, 0.2) is 12.1 Å². The molecule has 1 aliphatic heterocycles. The summed E-state index contributed by atoms with van der Waals surface area (Å²) in [5.41, 5.74) is -0.826. The van der Waals surface area contributed by atoms with Crippen molar-refractivity contribution in [2.24, 2.45) is 0 Å². The van der Waals surface area contributed by atoms with Crippen molar-refractivity contribution >= 4 is 42.8 Å². The molecular weight excluding hydrogens is 410 g/mol. The van der Waals surface area contributed by atoms with Crippen LogP contribution in [0.3, 0.4) is 0 Å². The van der Waals surface area contributed by atoms with Crippen molar-refractivity contribution in [3.05, 3.63) is 23.3 Å². The summed E-state index contributed by atoms with van der Waals surface area (Å²) in [6.45, 7) is 8.65. The largest absolute Gasteiger partial charge is 0.494 e. The maximum absolute atomic E-state index is 13.0. The summed E-state index contributed by atoms with van der Waals surface area (Å²) >= 11 is 0. The highest BCUT2D eigenvalue weighted by molar-refractivity contribution is 8.13. The Bertz CT molecular complexity index is 858. The van der Waals surface area contributed by atoms with Crippen LogP contribution in [0.4, 0.5) is 3.89 Å². The normalized spacial score (nSPS) is 19.6. The van der Waals surface area contributed by atoms with Gasteiger partial charge < -0.3 is 13.5 Å². The van der Waals surface area contributed by atoms with Gasteiger partial charge in [0.1, 0.15) is 5.75 Å². The van der Waals surface area contributed by atoms with Gasteiger partial charge in [0.05, 0.1) is 17.0 Å². The van der Waals surface area contributed by atoms with Gasteiger partial charge >= 0.3 is 17.6 Å². The van der Waals surface area contributed by atoms with E-state index in [9.17, 15) is 20.7 Å². The lowest BCUT2D eigenvalue weighted by Crippen LogP contribution is -2.41. The van der Waals surface area contributed by atoms with Crippen molar-refractivity contribution in [1.29, 1.82) is 0 Å². The lowest BCUT2D eigenvalue weighted by Gasteiger charge is -2.32. The van der Waals surface area contributed by atoms with Crippen LogP contribution < -0.4 is 9.65 Å². The van der Waals surface area contributed by atoms with Gasteiger partial charge in [-0.15, -0.1) is 0 Å². The van der Waals surface area contributed by atoms with E-state index in [4.69, 9.17) is 20.0 Å². The minimum atomic E-state index is -5.31. The van der Waals surface area contributed by atoms with Crippen LogP contribution in [0.25, 0.3) is 0 Å². The highest BCUT2D eigenvalue weighted by atomic mass is 35.7. The number of rotatable bonds is 5. The van der Waals surface area contributed by atoms with Crippen LogP contribution in [-0.2, 0) is 34.6 Å². The molecule has 146 valence electrons. The van der Waals surface area contributed by atoms with Gasteiger partial charge in [-0.25, -0.2) is 8.42 Å². The fourth-order valence-electron chi connectivity index (χ4n) is 2.41. The average Bonchev–Trinajstić information content (AvgIpc) is 2.60. The van der Waals surface area contributed by atoms with Crippen molar-refractivity contribution in [2.75, 3.05) is 0 Å². The molecule has 1 saturated heterocycles. The zero-order valence-corrected chi connectivity index (χ0v) is 17.3. The van der Waals surface area contributed by atoms with E-state index in [-0.39, 0.29) is 22.3 Å². The molecule has 1 heterocycles. The van der Waals surface area contributed by atoms with Crippen LogP contribution in [0.1, 0.15) is 38.8 Å². The van der Waals surface area contributed by atoms with E-state index in [0.717, 1.165) is 0 Å². The Labute approximate surface area is 157 Å². The second kappa shape index (κ2) is 6.63. The van der Waals surface area contributed by atoms with Gasteiger partial charge in [-0.05, 0) is 57.3 Å². The van der Waals surface area contributed by atoms with Crippen LogP contribution in [0.5, 0.6) is 5.75 Å². The summed E-state index contributed by atoms with van der Waals surface area (Å²) in [4.78, 5) is 0. The smallest absolute Gasteiger partial charge is 0.399 e. The van der Waals surface area contributed by atoms with E-state index in [1.807, 2.05) is 27.7 Å². The molecule has 0 radical (unpaired) electrons. The maximum Gasteiger partial charge on any atom is 0.494 e. The highest BCUT2D eigenvalue weighted by Crippen LogP contribution is 2.37. The molecule has 1 aliphatic rings. The van der Waals surface area contributed by atoms with E-state index in [1.165, 1.54) is 19.1 Å². The molecule has 1 fully saturated rings. The van der Waals surface area contributed by atoms with Crippen molar-refractivity contribution in [2.45, 2.75) is 51.6 Å². The van der Waals surface area contributed by atoms with Crippen LogP contribution in [0.2, 0.25) is 0 Å². The first kappa shape index (κ1) is 21.4. The van der Waals surface area contributed by atoms with Gasteiger partial charge in [-0.1, -0.05) is 9.95 Å². The minimum absolute atomic E-state index is 0.121. The molecule has 0 spiro atoms. The Morgan fingerprint density at radius 1 is 1.12 bits per heavy atom. The van der Waals surface area contributed by atoms with Crippen molar-refractivity contribution in [3.63, 3.8) is 0 Å². The SMILES string of the molecule is Cc1c(CS(=O)(=O)Cl)cc(B2OC(C)(C)C(C)(C)O2)cc1OS(=O)(=O)F. The topological polar surface area (TPSA) is 96.0 Å². The molecule has 1 aromatic rings. The molecule has 2 rings (SSSR count). The van der Waals surface area contributed by atoms with Gasteiger partial charge in [-0.3, -0.25) is 0 Å². The molecular formula is C14H19BClFO7S2. The van der Waals surface area contributed by atoms with Gasteiger partial charge in [-0.2, -0.15) is 8.42 Å². The van der Waals surface area contributed by atoms with E-state index in [0.29, 0.717) is 0 Å². The summed E-state index contributed by atoms with van der Waals surface area (Å²) in [5.74, 6) is -0.966. The predicted molar refractivity (Wildman–Crippen MR) is 96.0 cm³/mol. The molecule has 0 aromatic heterocycles. The van der Waals surface area contributed by atoms with Crippen LogP contribution >= 0.6 is 10.7 Å². The van der Waals surface area contributed by atoms with Crippen LogP contribution in [-0.4, -0.2) is 35.2 Å². The fraction of sp³-hybridized carbons (Fsp3) is 0.571. The first-order valence-corrected chi connectivity index (χ1v) is 11.3. The van der Waals surface area contributed by atoms with Crippen molar-refractivity contribution in [1.82, 2.24) is 0 Å². The first-order chi connectivity index (χ1) is 11.5. The van der Waals surface area contributed by atoms with E-state index >= 15 is 0 Å². The maximum atomic E-state index is 13.0. The summed E-state index contributed by atoms with van der Waals surface area (Å²) in [6.07, 6.45) is 0. The predicted octanol–water partition coefficient (Wildman–Crippen LogP) is 1.96. The molecule has 7 nitrogen and oxygen atoms in total. The Balaban J connectivity index is 2.56. The Hall–Kier alpha value is -0.875. The zero-order valence-electron chi connectivity index (χ0n) is 14.9. The Morgan fingerprint density at radius 2 is 1.62 bits per heavy atom. The summed E-state index contributed by atoms with van der Waals surface area (Å²) in [5, 5.41) is 0. The summed E-state index contributed by atoms with van der Waals surface area (Å²) < 4.78 is 73.8. The number of halogens is 2. The number of hydrogen-bond donors (Lipinski definition) is 0. The standard InChI is InChI=1S/C14H19BClFO7S2/c1-9-10(8-25(16,18)19)6-11(7-12(9)22-26(17,20)21)15-23-13(2,3)14(4,5)24-15/h6-7H,8H2,1-5H3. The van der Waals surface area contributed by atoms with Gasteiger partial charge in [0.25, 0.3) is 0 Å². The fourth-order valence-corrected chi connectivity index (χ4v) is 3.83. The second-order valence-electron chi connectivity index (χ2n) is 7.05. The highest BCUT2D eigenvalue weighted by Gasteiger charge is 2.52. The molecule has 0 unspecified atom stereocenters. The number of benzene rings is 1. The molecule has 0 N–H and O–H groups in total. The quantitative estimate of drug-likeness (QED) is 0.522. The molecule has 0 amide bonds. The van der Waals surface area contributed by atoms with E-state index < -0.39 is 43.6 Å². The Morgan fingerprint density at radius 3 is 2.04 bits per heavy atom. The molecule has 26 heavy (non-hydrogen) atoms. The van der Waals surface area contributed by atoms with Gasteiger partial charge in [0.15, 0.2) is 0 Å². The number of hydrogen-bond acceptors (Lipinski definition) is 7. The zero-order chi connectivity index (χ0) is 20.1. The molecule has 0 saturated carbocycles. The monoisotopic (exact) mass is 428 g/mol. The van der Waals surface area contributed by atoms with E-state index in [2.05, 4.69) is 4.18 Å². The van der Waals surface area contributed by atoms with Gasteiger partial charge in [0, 0.05) is 10.7 Å². The Kier molecular flexibility index (Phi) is 5.46. The first-order valence-electron chi connectivity index (χ1n) is 7.56. The molecule has 12 heteroatoms. The van der Waals surface area contributed by atoms with Crippen molar-refractivity contribution < 1.29 is 34.2 Å². The van der Waals surface area contributed by atoms with E-state index in [1.54, 1.807) is 0 Å². The molecule has 0 aliphatic carbocycles. The third kappa shape index (κ3) is 4.89. The van der Waals surface area contributed by atoms with Crippen LogP contribution in [0, 0.1) is 6.92 Å².